The lowest BCUT2D eigenvalue weighted by molar-refractivity contribution is 0.0942. The van der Waals surface area contributed by atoms with Crippen LogP contribution in [-0.2, 0) is 13.1 Å². The molecule has 0 spiro atoms. The van der Waals surface area contributed by atoms with Crippen molar-refractivity contribution in [1.82, 2.24) is 14.9 Å². The second kappa shape index (κ2) is 7.81. The fourth-order valence-corrected chi connectivity index (χ4v) is 4.52. The molecular weight excluding hydrogens is 448 g/mol. The van der Waals surface area contributed by atoms with Crippen LogP contribution in [0.5, 0.6) is 0 Å². The van der Waals surface area contributed by atoms with Gasteiger partial charge in [0.1, 0.15) is 5.69 Å². The molecule has 0 unspecified atom stereocenters. The fraction of sp³-hybridized carbons (Fsp3) is 0.100. The average molecular weight is 462 g/mol. The number of hydrogen-bond donors (Lipinski definition) is 1. The molecule has 1 N–H and O–H groups in total. The third-order valence-corrected chi connectivity index (χ3v) is 5.85. The van der Waals surface area contributed by atoms with Gasteiger partial charge in [0.15, 0.2) is 11.6 Å². The van der Waals surface area contributed by atoms with Crippen LogP contribution < -0.4 is 5.32 Å². The number of hydrogen-bond acceptors (Lipinski definition) is 3. The molecule has 4 rings (SSSR count). The van der Waals surface area contributed by atoms with Gasteiger partial charge in [-0.25, -0.2) is 8.78 Å². The highest BCUT2D eigenvalue weighted by Gasteiger charge is 2.18. The van der Waals surface area contributed by atoms with Crippen molar-refractivity contribution >= 4 is 43.4 Å². The number of rotatable bonds is 5. The summed E-state index contributed by atoms with van der Waals surface area (Å²) >= 11 is 4.96. The minimum Gasteiger partial charge on any atom is -0.345 e. The SMILES string of the molecule is O=C(NCc1ccccn1)c1cc2sc(Br)cc2n1Cc1ccc(F)c(F)c1. The molecule has 0 saturated heterocycles. The third-order valence-electron chi connectivity index (χ3n) is 4.27. The summed E-state index contributed by atoms with van der Waals surface area (Å²) in [5.41, 5.74) is 2.62. The zero-order valence-electron chi connectivity index (χ0n) is 14.5. The lowest BCUT2D eigenvalue weighted by Crippen LogP contribution is -2.26. The van der Waals surface area contributed by atoms with Gasteiger partial charge in [-0.3, -0.25) is 9.78 Å². The van der Waals surface area contributed by atoms with Crippen molar-refractivity contribution in [2.24, 2.45) is 0 Å². The van der Waals surface area contributed by atoms with Gasteiger partial charge in [0, 0.05) is 12.7 Å². The van der Waals surface area contributed by atoms with Crippen LogP contribution in [0.3, 0.4) is 0 Å². The molecular formula is C20H14BrF2N3OS. The molecule has 3 heterocycles. The largest absolute Gasteiger partial charge is 0.345 e. The summed E-state index contributed by atoms with van der Waals surface area (Å²) < 4.78 is 30.5. The Kier molecular flexibility index (Phi) is 5.23. The molecule has 4 nitrogen and oxygen atoms in total. The molecule has 142 valence electrons. The van der Waals surface area contributed by atoms with Gasteiger partial charge in [-0.2, -0.15) is 0 Å². The minimum atomic E-state index is -0.909. The van der Waals surface area contributed by atoms with E-state index in [1.54, 1.807) is 16.8 Å². The van der Waals surface area contributed by atoms with Gasteiger partial charge in [-0.1, -0.05) is 12.1 Å². The molecule has 3 aromatic heterocycles. The van der Waals surface area contributed by atoms with Crippen LogP contribution in [0.25, 0.3) is 10.2 Å². The van der Waals surface area contributed by atoms with Gasteiger partial charge in [0.25, 0.3) is 5.91 Å². The Hall–Kier alpha value is -2.58. The van der Waals surface area contributed by atoms with E-state index in [2.05, 4.69) is 26.2 Å². The van der Waals surface area contributed by atoms with Crippen molar-refractivity contribution in [3.05, 3.63) is 87.1 Å². The van der Waals surface area contributed by atoms with E-state index in [-0.39, 0.29) is 12.5 Å². The van der Waals surface area contributed by atoms with E-state index in [0.717, 1.165) is 31.8 Å². The van der Waals surface area contributed by atoms with Crippen molar-refractivity contribution < 1.29 is 13.6 Å². The minimum absolute atomic E-state index is 0.246. The number of aromatic nitrogens is 2. The van der Waals surface area contributed by atoms with Crippen molar-refractivity contribution in [2.45, 2.75) is 13.1 Å². The number of carbonyl (C=O) groups excluding carboxylic acids is 1. The summed E-state index contributed by atoms with van der Waals surface area (Å²) in [7, 11) is 0. The Balaban J connectivity index is 1.65. The second-order valence-corrected chi connectivity index (χ2v) is 8.63. The molecule has 0 fully saturated rings. The van der Waals surface area contributed by atoms with Gasteiger partial charge in [0.05, 0.1) is 26.2 Å². The van der Waals surface area contributed by atoms with E-state index in [0.29, 0.717) is 17.8 Å². The Bertz CT molecular complexity index is 1160. The monoisotopic (exact) mass is 461 g/mol. The fourth-order valence-electron chi connectivity index (χ4n) is 2.95. The normalized spacial score (nSPS) is 11.1. The first-order chi connectivity index (χ1) is 13.5. The summed E-state index contributed by atoms with van der Waals surface area (Å²) in [6.07, 6.45) is 1.67. The van der Waals surface area contributed by atoms with Crippen molar-refractivity contribution in [1.29, 1.82) is 0 Å². The zero-order valence-corrected chi connectivity index (χ0v) is 16.9. The average Bonchev–Trinajstić information content (AvgIpc) is 3.20. The Morgan fingerprint density at radius 1 is 1.14 bits per heavy atom. The lowest BCUT2D eigenvalue weighted by atomic mass is 10.2. The lowest BCUT2D eigenvalue weighted by Gasteiger charge is -2.11. The smallest absolute Gasteiger partial charge is 0.268 e. The summed E-state index contributed by atoms with van der Waals surface area (Å²) in [4.78, 5) is 17.0. The Morgan fingerprint density at radius 3 is 2.75 bits per heavy atom. The van der Waals surface area contributed by atoms with Crippen molar-refractivity contribution in [3.63, 3.8) is 0 Å². The van der Waals surface area contributed by atoms with Crippen LogP contribution in [0.2, 0.25) is 0 Å². The third kappa shape index (κ3) is 3.83. The van der Waals surface area contributed by atoms with E-state index < -0.39 is 11.6 Å². The maximum absolute atomic E-state index is 13.6. The quantitative estimate of drug-likeness (QED) is 0.448. The van der Waals surface area contributed by atoms with E-state index in [1.165, 1.54) is 17.4 Å². The highest BCUT2D eigenvalue weighted by Crippen LogP contribution is 2.33. The van der Waals surface area contributed by atoms with Crippen LogP contribution in [0, 0.1) is 11.6 Å². The van der Waals surface area contributed by atoms with Crippen molar-refractivity contribution in [2.75, 3.05) is 0 Å². The number of thiophene rings is 1. The Labute approximate surface area is 172 Å². The zero-order chi connectivity index (χ0) is 19.7. The molecule has 4 aromatic rings. The summed E-state index contributed by atoms with van der Waals surface area (Å²) in [5.74, 6) is -2.06. The molecule has 8 heteroatoms. The van der Waals surface area contributed by atoms with Crippen LogP contribution in [0.4, 0.5) is 8.78 Å². The molecule has 0 atom stereocenters. The summed E-state index contributed by atoms with van der Waals surface area (Å²) in [5, 5.41) is 2.86. The van der Waals surface area contributed by atoms with E-state index in [9.17, 15) is 13.6 Å². The first-order valence-corrected chi connectivity index (χ1v) is 10.0. The number of halogens is 3. The molecule has 0 aliphatic heterocycles. The van der Waals surface area contributed by atoms with Crippen LogP contribution in [0.1, 0.15) is 21.7 Å². The number of fused-ring (bicyclic) bond motifs is 1. The standard InChI is InChI=1S/C20H14BrF2N3OS/c21-19-9-16-18(28-19)8-17(20(27)25-10-13-3-1-2-6-24-13)26(16)11-12-4-5-14(22)15(23)7-12/h1-9H,10-11H2,(H,25,27). The highest BCUT2D eigenvalue weighted by atomic mass is 79.9. The first kappa shape index (κ1) is 18.8. The molecule has 0 radical (unpaired) electrons. The van der Waals surface area contributed by atoms with E-state index in [4.69, 9.17) is 0 Å². The molecule has 1 aromatic carbocycles. The highest BCUT2D eigenvalue weighted by molar-refractivity contribution is 9.11. The van der Waals surface area contributed by atoms with E-state index >= 15 is 0 Å². The van der Waals surface area contributed by atoms with Gasteiger partial charge in [0.2, 0.25) is 0 Å². The summed E-state index contributed by atoms with van der Waals surface area (Å²) in [6, 6.07) is 13.0. The van der Waals surface area contributed by atoms with Crippen LogP contribution in [-0.4, -0.2) is 15.5 Å². The number of amides is 1. The number of carbonyl (C=O) groups is 1. The van der Waals surface area contributed by atoms with Crippen molar-refractivity contribution in [3.8, 4) is 0 Å². The predicted molar refractivity (Wildman–Crippen MR) is 108 cm³/mol. The maximum Gasteiger partial charge on any atom is 0.268 e. The second-order valence-electron chi connectivity index (χ2n) is 6.17. The molecule has 0 bridgehead atoms. The van der Waals surface area contributed by atoms with Crippen LogP contribution >= 0.6 is 27.3 Å². The molecule has 0 aliphatic rings. The number of benzene rings is 1. The maximum atomic E-state index is 13.6. The van der Waals surface area contributed by atoms with Gasteiger partial charge < -0.3 is 9.88 Å². The van der Waals surface area contributed by atoms with Gasteiger partial charge in [-0.05, 0) is 57.9 Å². The van der Waals surface area contributed by atoms with E-state index in [1.807, 2.05) is 24.3 Å². The molecule has 0 aliphatic carbocycles. The topological polar surface area (TPSA) is 46.9 Å². The summed E-state index contributed by atoms with van der Waals surface area (Å²) in [6.45, 7) is 0.545. The predicted octanol–water partition coefficient (Wildman–Crippen LogP) is 5.12. The number of pyridine rings is 1. The first-order valence-electron chi connectivity index (χ1n) is 8.42. The number of nitrogens with one attached hydrogen (secondary N) is 1. The molecule has 28 heavy (non-hydrogen) atoms. The van der Waals surface area contributed by atoms with Gasteiger partial charge in [-0.15, -0.1) is 11.3 Å². The molecule has 0 saturated carbocycles. The van der Waals surface area contributed by atoms with Crippen LogP contribution in [0.15, 0.2) is 58.5 Å². The molecule has 1 amide bonds. The van der Waals surface area contributed by atoms with Gasteiger partial charge >= 0.3 is 0 Å². The Morgan fingerprint density at radius 2 is 2.00 bits per heavy atom. The number of nitrogens with zero attached hydrogens (tertiary/aromatic N) is 2.